The standard InChI is InChI=1S/C20H20Cl2N4O2/c1-3-13-7-9-14(10-8-13)20-24-18(28-25-20)12-26(2)11-17(27)23-19-15(21)5-4-6-16(19)22/h4-10H,3,11-12H2,1-2H3,(H,23,27). The molecule has 3 aromatic rings. The topological polar surface area (TPSA) is 71.3 Å². The monoisotopic (exact) mass is 418 g/mol. The number of amides is 1. The van der Waals surface area contributed by atoms with Gasteiger partial charge in [-0.15, -0.1) is 0 Å². The summed E-state index contributed by atoms with van der Waals surface area (Å²) >= 11 is 12.1. The number of likely N-dealkylation sites (N-methyl/N-ethyl adjacent to an activating group) is 1. The van der Waals surface area contributed by atoms with Gasteiger partial charge in [0.2, 0.25) is 17.6 Å². The molecule has 0 aliphatic heterocycles. The van der Waals surface area contributed by atoms with Crippen LogP contribution in [0.3, 0.4) is 0 Å². The molecular weight excluding hydrogens is 399 g/mol. The molecule has 0 saturated carbocycles. The molecule has 2 aromatic carbocycles. The number of para-hydroxylation sites is 1. The number of hydrogen-bond donors (Lipinski definition) is 1. The van der Waals surface area contributed by atoms with E-state index in [1.807, 2.05) is 24.3 Å². The molecule has 0 spiro atoms. The predicted octanol–water partition coefficient (Wildman–Crippen LogP) is 4.68. The van der Waals surface area contributed by atoms with Crippen LogP contribution in [0.4, 0.5) is 5.69 Å². The predicted molar refractivity (Wildman–Crippen MR) is 111 cm³/mol. The lowest BCUT2D eigenvalue weighted by atomic mass is 10.1. The maximum Gasteiger partial charge on any atom is 0.241 e. The number of aromatic nitrogens is 2. The van der Waals surface area contributed by atoms with Crippen molar-refractivity contribution in [2.45, 2.75) is 19.9 Å². The van der Waals surface area contributed by atoms with E-state index in [2.05, 4.69) is 22.4 Å². The molecule has 1 N–H and O–H groups in total. The van der Waals surface area contributed by atoms with Gasteiger partial charge < -0.3 is 9.84 Å². The van der Waals surface area contributed by atoms with Gasteiger partial charge in [0.1, 0.15) is 0 Å². The van der Waals surface area contributed by atoms with Gasteiger partial charge in [-0.05, 0) is 31.2 Å². The molecule has 0 bridgehead atoms. The van der Waals surface area contributed by atoms with Gasteiger partial charge in [0, 0.05) is 5.56 Å². The van der Waals surface area contributed by atoms with Crippen molar-refractivity contribution in [1.29, 1.82) is 0 Å². The van der Waals surface area contributed by atoms with E-state index in [0.717, 1.165) is 12.0 Å². The van der Waals surface area contributed by atoms with Gasteiger partial charge in [-0.25, -0.2) is 0 Å². The Morgan fingerprint density at radius 2 is 1.82 bits per heavy atom. The van der Waals surface area contributed by atoms with E-state index in [0.29, 0.717) is 34.0 Å². The number of rotatable bonds is 7. The zero-order valence-electron chi connectivity index (χ0n) is 15.6. The molecule has 0 fully saturated rings. The van der Waals surface area contributed by atoms with E-state index in [1.54, 1.807) is 30.1 Å². The summed E-state index contributed by atoms with van der Waals surface area (Å²) in [6.07, 6.45) is 0.976. The van der Waals surface area contributed by atoms with Crippen LogP contribution in [0.2, 0.25) is 10.0 Å². The molecule has 0 aliphatic rings. The third-order valence-corrected chi connectivity index (χ3v) is 4.76. The number of carbonyl (C=O) groups is 1. The highest BCUT2D eigenvalue weighted by molar-refractivity contribution is 6.39. The Hall–Kier alpha value is -2.41. The van der Waals surface area contributed by atoms with E-state index < -0.39 is 0 Å². The minimum atomic E-state index is -0.243. The molecule has 146 valence electrons. The first-order valence-corrected chi connectivity index (χ1v) is 9.56. The van der Waals surface area contributed by atoms with Crippen molar-refractivity contribution in [3.63, 3.8) is 0 Å². The highest BCUT2D eigenvalue weighted by Gasteiger charge is 2.15. The van der Waals surface area contributed by atoms with E-state index in [-0.39, 0.29) is 12.5 Å². The van der Waals surface area contributed by atoms with E-state index in [1.165, 1.54) is 5.56 Å². The Labute approximate surface area is 173 Å². The summed E-state index contributed by atoms with van der Waals surface area (Å²) in [4.78, 5) is 18.4. The molecule has 0 saturated heterocycles. The lowest BCUT2D eigenvalue weighted by Gasteiger charge is -2.15. The van der Waals surface area contributed by atoms with E-state index in [4.69, 9.17) is 27.7 Å². The first-order valence-electron chi connectivity index (χ1n) is 8.80. The summed E-state index contributed by atoms with van der Waals surface area (Å²) in [7, 11) is 1.79. The molecule has 0 radical (unpaired) electrons. The highest BCUT2D eigenvalue weighted by Crippen LogP contribution is 2.29. The third kappa shape index (κ3) is 5.10. The van der Waals surface area contributed by atoms with Crippen LogP contribution in [-0.4, -0.2) is 34.5 Å². The lowest BCUT2D eigenvalue weighted by molar-refractivity contribution is -0.117. The Morgan fingerprint density at radius 3 is 2.46 bits per heavy atom. The van der Waals surface area contributed by atoms with Crippen molar-refractivity contribution in [3.8, 4) is 11.4 Å². The molecule has 6 nitrogen and oxygen atoms in total. The average molecular weight is 419 g/mol. The number of carbonyl (C=O) groups excluding carboxylic acids is 1. The summed E-state index contributed by atoms with van der Waals surface area (Å²) in [6.45, 7) is 2.56. The van der Waals surface area contributed by atoms with Gasteiger partial charge >= 0.3 is 0 Å². The van der Waals surface area contributed by atoms with Crippen LogP contribution in [-0.2, 0) is 17.8 Å². The van der Waals surface area contributed by atoms with Crippen LogP contribution >= 0.6 is 23.2 Å². The van der Waals surface area contributed by atoms with Crippen molar-refractivity contribution in [2.24, 2.45) is 0 Å². The fourth-order valence-corrected chi connectivity index (χ4v) is 3.15. The van der Waals surface area contributed by atoms with Gasteiger partial charge in [-0.1, -0.05) is 65.6 Å². The van der Waals surface area contributed by atoms with Crippen LogP contribution in [0.15, 0.2) is 47.0 Å². The molecule has 3 rings (SSSR count). The molecule has 0 unspecified atom stereocenters. The Kier molecular flexibility index (Phi) is 6.67. The third-order valence-electron chi connectivity index (χ3n) is 4.13. The average Bonchev–Trinajstić information content (AvgIpc) is 3.13. The number of anilines is 1. The second-order valence-electron chi connectivity index (χ2n) is 6.38. The second-order valence-corrected chi connectivity index (χ2v) is 7.19. The quantitative estimate of drug-likeness (QED) is 0.602. The molecule has 28 heavy (non-hydrogen) atoms. The summed E-state index contributed by atoms with van der Waals surface area (Å²) in [5.74, 6) is 0.714. The van der Waals surface area contributed by atoms with Crippen molar-refractivity contribution >= 4 is 34.8 Å². The van der Waals surface area contributed by atoms with Crippen molar-refractivity contribution in [3.05, 3.63) is 64.0 Å². The maximum absolute atomic E-state index is 12.3. The van der Waals surface area contributed by atoms with E-state index >= 15 is 0 Å². The van der Waals surface area contributed by atoms with Gasteiger partial charge in [-0.2, -0.15) is 4.98 Å². The largest absolute Gasteiger partial charge is 0.338 e. The number of halogens is 2. The Bertz CT molecular complexity index is 937. The first kappa shape index (κ1) is 20.3. The smallest absolute Gasteiger partial charge is 0.241 e. The van der Waals surface area contributed by atoms with Crippen molar-refractivity contribution in [1.82, 2.24) is 15.0 Å². The number of hydrogen-bond acceptors (Lipinski definition) is 5. The highest BCUT2D eigenvalue weighted by atomic mass is 35.5. The summed E-state index contributed by atoms with van der Waals surface area (Å²) in [5.41, 5.74) is 2.54. The molecule has 1 aromatic heterocycles. The fourth-order valence-electron chi connectivity index (χ4n) is 2.65. The Balaban J connectivity index is 1.58. The number of nitrogens with one attached hydrogen (secondary N) is 1. The van der Waals surface area contributed by atoms with Crippen LogP contribution in [0.5, 0.6) is 0 Å². The number of benzene rings is 2. The van der Waals surface area contributed by atoms with Crippen LogP contribution in [0.1, 0.15) is 18.4 Å². The van der Waals surface area contributed by atoms with Gasteiger partial charge in [-0.3, -0.25) is 9.69 Å². The number of aryl methyl sites for hydroxylation is 1. The van der Waals surface area contributed by atoms with Crippen molar-refractivity contribution < 1.29 is 9.32 Å². The summed E-state index contributed by atoms with van der Waals surface area (Å²) < 4.78 is 5.31. The Morgan fingerprint density at radius 1 is 1.14 bits per heavy atom. The zero-order chi connectivity index (χ0) is 20.1. The van der Waals surface area contributed by atoms with Crippen LogP contribution in [0.25, 0.3) is 11.4 Å². The minimum absolute atomic E-state index is 0.116. The molecule has 8 heteroatoms. The summed E-state index contributed by atoms with van der Waals surface area (Å²) in [5, 5.41) is 7.52. The first-order chi connectivity index (χ1) is 13.5. The minimum Gasteiger partial charge on any atom is -0.338 e. The molecule has 0 aliphatic carbocycles. The SMILES string of the molecule is CCc1ccc(-c2noc(CN(C)CC(=O)Nc3c(Cl)cccc3Cl)n2)cc1. The zero-order valence-corrected chi connectivity index (χ0v) is 17.1. The van der Waals surface area contributed by atoms with Gasteiger partial charge in [0.25, 0.3) is 0 Å². The van der Waals surface area contributed by atoms with E-state index in [9.17, 15) is 4.79 Å². The number of nitrogens with zero attached hydrogens (tertiary/aromatic N) is 3. The maximum atomic E-state index is 12.3. The molecule has 1 amide bonds. The van der Waals surface area contributed by atoms with Crippen LogP contribution < -0.4 is 5.32 Å². The lowest BCUT2D eigenvalue weighted by Crippen LogP contribution is -2.30. The van der Waals surface area contributed by atoms with Crippen LogP contribution in [0, 0.1) is 0 Å². The second kappa shape index (κ2) is 9.19. The van der Waals surface area contributed by atoms with Gasteiger partial charge in [0.15, 0.2) is 0 Å². The molecule has 1 heterocycles. The van der Waals surface area contributed by atoms with Crippen molar-refractivity contribution in [2.75, 3.05) is 18.9 Å². The molecule has 0 atom stereocenters. The van der Waals surface area contributed by atoms with Gasteiger partial charge in [0.05, 0.1) is 28.8 Å². The fraction of sp³-hybridized carbons (Fsp3) is 0.250. The normalized spacial score (nSPS) is 11.0. The molecular formula is C20H20Cl2N4O2. The summed E-state index contributed by atoms with van der Waals surface area (Å²) in [6, 6.07) is 13.1.